The van der Waals surface area contributed by atoms with Crippen molar-refractivity contribution in [3.05, 3.63) is 59.8 Å². The van der Waals surface area contributed by atoms with Crippen LogP contribution < -0.4 is 14.4 Å². The number of carbonyl (C=O) groups excluding carboxylic acids is 1. The van der Waals surface area contributed by atoms with E-state index in [1.807, 2.05) is 41.3 Å². The first kappa shape index (κ1) is 17.6. The lowest BCUT2D eigenvalue weighted by molar-refractivity contribution is 0.0734. The maximum Gasteiger partial charge on any atom is 0.276 e. The molecule has 2 aromatic carbocycles. The first-order valence-electron chi connectivity index (χ1n) is 9.63. The Balaban J connectivity index is 1.34. The molecule has 0 N–H and O–H groups in total. The van der Waals surface area contributed by atoms with Crippen LogP contribution in [0.15, 0.2) is 53.1 Å². The number of aromatic nitrogens is 1. The van der Waals surface area contributed by atoms with Crippen molar-refractivity contribution in [2.45, 2.75) is 6.61 Å². The van der Waals surface area contributed by atoms with E-state index < -0.39 is 0 Å². The van der Waals surface area contributed by atoms with Gasteiger partial charge in [-0.1, -0.05) is 23.4 Å². The molecule has 5 rings (SSSR count). The molecule has 1 fully saturated rings. The van der Waals surface area contributed by atoms with Crippen molar-refractivity contribution < 1.29 is 18.8 Å². The SMILES string of the molecule is COc1ccc2c(c1)OCc1c(C(=O)N3CCN(c4ccccc4)CC3)noc1-2. The summed E-state index contributed by atoms with van der Waals surface area (Å²) >= 11 is 0. The second kappa shape index (κ2) is 7.16. The van der Waals surface area contributed by atoms with Crippen LogP contribution in [-0.4, -0.2) is 49.3 Å². The van der Waals surface area contributed by atoms with Crippen molar-refractivity contribution in [1.82, 2.24) is 10.1 Å². The zero-order valence-electron chi connectivity index (χ0n) is 16.1. The van der Waals surface area contributed by atoms with Gasteiger partial charge in [0.1, 0.15) is 18.1 Å². The molecule has 0 radical (unpaired) electrons. The molecule has 0 atom stereocenters. The predicted molar refractivity (Wildman–Crippen MR) is 107 cm³/mol. The second-order valence-electron chi connectivity index (χ2n) is 7.10. The minimum absolute atomic E-state index is 0.108. The fourth-order valence-electron chi connectivity index (χ4n) is 3.87. The van der Waals surface area contributed by atoms with E-state index in [9.17, 15) is 4.79 Å². The molecule has 1 aromatic heterocycles. The molecule has 0 unspecified atom stereocenters. The van der Waals surface area contributed by atoms with Crippen LogP contribution in [0.5, 0.6) is 11.5 Å². The zero-order chi connectivity index (χ0) is 19.8. The molecule has 0 saturated carbocycles. The number of nitrogens with zero attached hydrogens (tertiary/aromatic N) is 3. The Morgan fingerprint density at radius 3 is 2.62 bits per heavy atom. The third kappa shape index (κ3) is 3.08. The van der Waals surface area contributed by atoms with Gasteiger partial charge in [0.25, 0.3) is 5.91 Å². The smallest absolute Gasteiger partial charge is 0.276 e. The van der Waals surface area contributed by atoms with Crippen molar-refractivity contribution in [3.8, 4) is 22.8 Å². The van der Waals surface area contributed by atoms with E-state index in [0.717, 1.165) is 18.7 Å². The van der Waals surface area contributed by atoms with Gasteiger partial charge in [-0.3, -0.25) is 4.79 Å². The van der Waals surface area contributed by atoms with Crippen LogP contribution in [0.1, 0.15) is 16.1 Å². The Morgan fingerprint density at radius 1 is 1.07 bits per heavy atom. The normalized spacial score (nSPS) is 15.3. The molecule has 148 valence electrons. The number of hydrogen-bond acceptors (Lipinski definition) is 6. The number of benzene rings is 2. The van der Waals surface area contributed by atoms with Gasteiger partial charge in [-0.2, -0.15) is 0 Å². The Kier molecular flexibility index (Phi) is 4.35. The van der Waals surface area contributed by atoms with Crippen LogP contribution in [0.3, 0.4) is 0 Å². The largest absolute Gasteiger partial charge is 0.497 e. The minimum Gasteiger partial charge on any atom is -0.497 e. The first-order chi connectivity index (χ1) is 14.2. The Hall–Kier alpha value is -3.48. The average molecular weight is 391 g/mol. The number of amides is 1. The Bertz CT molecular complexity index is 1040. The van der Waals surface area contributed by atoms with Gasteiger partial charge in [0.05, 0.1) is 18.2 Å². The van der Waals surface area contributed by atoms with Gasteiger partial charge in [0.2, 0.25) is 0 Å². The van der Waals surface area contributed by atoms with E-state index in [0.29, 0.717) is 41.6 Å². The van der Waals surface area contributed by atoms with Gasteiger partial charge in [0.15, 0.2) is 11.5 Å². The molecule has 3 aromatic rings. The molecule has 0 bridgehead atoms. The Labute approximate surface area is 168 Å². The average Bonchev–Trinajstić information content (AvgIpc) is 3.23. The third-order valence-electron chi connectivity index (χ3n) is 5.48. The van der Waals surface area contributed by atoms with Crippen molar-refractivity contribution >= 4 is 11.6 Å². The quantitative estimate of drug-likeness (QED) is 0.683. The maximum atomic E-state index is 13.1. The Morgan fingerprint density at radius 2 is 1.86 bits per heavy atom. The summed E-state index contributed by atoms with van der Waals surface area (Å²) in [7, 11) is 1.61. The number of carbonyl (C=O) groups is 1. The molecule has 0 aliphatic carbocycles. The topological polar surface area (TPSA) is 68.0 Å². The second-order valence-corrected chi connectivity index (χ2v) is 7.10. The van der Waals surface area contributed by atoms with E-state index in [1.165, 1.54) is 5.69 Å². The first-order valence-corrected chi connectivity index (χ1v) is 9.63. The number of hydrogen-bond donors (Lipinski definition) is 0. The zero-order valence-corrected chi connectivity index (χ0v) is 16.1. The number of fused-ring (bicyclic) bond motifs is 3. The summed E-state index contributed by atoms with van der Waals surface area (Å²) in [6, 6.07) is 15.8. The lowest BCUT2D eigenvalue weighted by atomic mass is 10.0. The van der Waals surface area contributed by atoms with Crippen LogP contribution in [0.25, 0.3) is 11.3 Å². The maximum absolute atomic E-state index is 13.1. The van der Waals surface area contributed by atoms with Gasteiger partial charge in [-0.25, -0.2) is 0 Å². The van der Waals surface area contributed by atoms with Gasteiger partial charge in [-0.15, -0.1) is 0 Å². The third-order valence-corrected chi connectivity index (χ3v) is 5.48. The lowest BCUT2D eigenvalue weighted by Crippen LogP contribution is -2.49. The van der Waals surface area contributed by atoms with Gasteiger partial charge < -0.3 is 23.8 Å². The number of para-hydroxylation sites is 1. The standard InChI is InChI=1S/C22H21N3O4/c1-27-16-7-8-17-19(13-16)28-14-18-20(23-29-21(17)18)22(26)25-11-9-24(10-12-25)15-5-3-2-4-6-15/h2-8,13H,9-12,14H2,1H3. The van der Waals surface area contributed by atoms with Crippen LogP contribution in [0, 0.1) is 0 Å². The minimum atomic E-state index is -0.108. The van der Waals surface area contributed by atoms with Crippen LogP contribution in [-0.2, 0) is 6.61 Å². The summed E-state index contributed by atoms with van der Waals surface area (Å²) in [6.07, 6.45) is 0. The molecule has 3 heterocycles. The predicted octanol–water partition coefficient (Wildman–Crippen LogP) is 3.21. The van der Waals surface area contributed by atoms with E-state index in [4.69, 9.17) is 14.0 Å². The lowest BCUT2D eigenvalue weighted by Gasteiger charge is -2.35. The fourth-order valence-corrected chi connectivity index (χ4v) is 3.87. The number of piperazine rings is 1. The monoisotopic (exact) mass is 391 g/mol. The molecule has 2 aliphatic rings. The molecule has 0 spiro atoms. The van der Waals surface area contributed by atoms with Crippen LogP contribution >= 0.6 is 0 Å². The van der Waals surface area contributed by atoms with Crippen molar-refractivity contribution in [3.63, 3.8) is 0 Å². The van der Waals surface area contributed by atoms with E-state index in [2.05, 4.69) is 22.2 Å². The highest BCUT2D eigenvalue weighted by atomic mass is 16.5. The highest BCUT2D eigenvalue weighted by Gasteiger charge is 2.32. The number of ether oxygens (including phenoxy) is 2. The molecule has 29 heavy (non-hydrogen) atoms. The highest BCUT2D eigenvalue weighted by molar-refractivity contribution is 5.96. The van der Waals surface area contributed by atoms with Gasteiger partial charge in [-0.05, 0) is 24.3 Å². The van der Waals surface area contributed by atoms with Gasteiger partial charge >= 0.3 is 0 Å². The summed E-state index contributed by atoms with van der Waals surface area (Å²) in [4.78, 5) is 17.2. The number of methoxy groups -OCH3 is 1. The summed E-state index contributed by atoms with van der Waals surface area (Å²) < 4.78 is 16.6. The summed E-state index contributed by atoms with van der Waals surface area (Å²) in [5.74, 6) is 1.87. The van der Waals surface area contributed by atoms with Crippen LogP contribution in [0.2, 0.25) is 0 Å². The number of anilines is 1. The molecular weight excluding hydrogens is 370 g/mol. The summed E-state index contributed by atoms with van der Waals surface area (Å²) in [5.41, 5.74) is 3.01. The summed E-state index contributed by atoms with van der Waals surface area (Å²) in [6.45, 7) is 3.11. The molecule has 7 nitrogen and oxygen atoms in total. The van der Waals surface area contributed by atoms with Gasteiger partial charge in [0, 0.05) is 37.9 Å². The summed E-state index contributed by atoms with van der Waals surface area (Å²) in [5, 5.41) is 4.10. The molecule has 2 aliphatic heterocycles. The van der Waals surface area contributed by atoms with Crippen LogP contribution in [0.4, 0.5) is 5.69 Å². The molecular formula is C22H21N3O4. The fraction of sp³-hybridized carbons (Fsp3) is 0.273. The van der Waals surface area contributed by atoms with E-state index in [1.54, 1.807) is 7.11 Å². The number of rotatable bonds is 3. The van der Waals surface area contributed by atoms with Crippen molar-refractivity contribution in [1.29, 1.82) is 0 Å². The highest BCUT2D eigenvalue weighted by Crippen LogP contribution is 2.41. The molecule has 7 heteroatoms. The molecule has 1 saturated heterocycles. The van der Waals surface area contributed by atoms with Crippen molar-refractivity contribution in [2.24, 2.45) is 0 Å². The van der Waals surface area contributed by atoms with E-state index >= 15 is 0 Å². The molecule has 1 amide bonds. The van der Waals surface area contributed by atoms with Crippen molar-refractivity contribution in [2.75, 3.05) is 38.2 Å². The van der Waals surface area contributed by atoms with E-state index in [-0.39, 0.29) is 12.5 Å².